The van der Waals surface area contributed by atoms with Crippen LogP contribution in [0, 0.1) is 13.8 Å². The third kappa shape index (κ3) is 9.41. The second kappa shape index (κ2) is 19.7. The molecular formula is C57H44N10O2S2. The number of ether oxygens (including phenoxy) is 1. The van der Waals surface area contributed by atoms with Crippen LogP contribution in [0.4, 0.5) is 11.4 Å². The maximum absolute atomic E-state index is 11.7. The summed E-state index contributed by atoms with van der Waals surface area (Å²) in [6, 6.07) is 36.3. The topological polar surface area (TPSA) is 156 Å². The number of benzene rings is 4. The van der Waals surface area contributed by atoms with Crippen molar-refractivity contribution in [2.75, 3.05) is 17.7 Å². The molecule has 4 aromatic carbocycles. The minimum absolute atomic E-state index is 0.138. The van der Waals surface area contributed by atoms with Crippen molar-refractivity contribution in [1.29, 1.82) is 0 Å². The Kier molecular flexibility index (Phi) is 12.4. The van der Waals surface area contributed by atoms with E-state index in [9.17, 15) is 4.79 Å². The molecule has 346 valence electrons. The van der Waals surface area contributed by atoms with Gasteiger partial charge in [0.1, 0.15) is 0 Å². The van der Waals surface area contributed by atoms with E-state index in [1.165, 1.54) is 37.4 Å². The molecule has 0 amide bonds. The Bertz CT molecular complexity index is 3880. The monoisotopic (exact) mass is 964 g/mol. The first-order valence-electron chi connectivity index (χ1n) is 22.8. The number of aromatic nitrogens is 8. The van der Waals surface area contributed by atoms with Crippen molar-refractivity contribution >= 4 is 76.3 Å². The van der Waals surface area contributed by atoms with E-state index in [0.717, 1.165) is 77.9 Å². The lowest BCUT2D eigenvalue weighted by atomic mass is 9.98. The van der Waals surface area contributed by atoms with Crippen LogP contribution in [-0.2, 0) is 0 Å². The van der Waals surface area contributed by atoms with E-state index in [4.69, 9.17) is 4.74 Å². The van der Waals surface area contributed by atoms with Crippen LogP contribution < -0.4 is 20.9 Å². The zero-order chi connectivity index (χ0) is 48.3. The molecule has 12 nitrogen and oxygen atoms in total. The quantitative estimate of drug-likeness (QED) is 0.113. The summed E-state index contributed by atoms with van der Waals surface area (Å²) in [6.07, 6.45) is 17.7. The minimum Gasteiger partial charge on any atom is -0.481 e. The van der Waals surface area contributed by atoms with Crippen molar-refractivity contribution in [3.63, 3.8) is 0 Å². The van der Waals surface area contributed by atoms with E-state index in [-0.39, 0.29) is 17.6 Å². The molecule has 0 aliphatic rings. The van der Waals surface area contributed by atoms with Gasteiger partial charge in [0.2, 0.25) is 11.4 Å². The van der Waals surface area contributed by atoms with E-state index in [2.05, 4.69) is 130 Å². The lowest BCUT2D eigenvalue weighted by Crippen LogP contribution is -2.15. The van der Waals surface area contributed by atoms with Gasteiger partial charge in [0.05, 0.1) is 41.3 Å². The summed E-state index contributed by atoms with van der Waals surface area (Å²) in [5.74, 6) is 0.575. The Hall–Kier alpha value is -8.72. The second-order valence-corrected chi connectivity index (χ2v) is 18.8. The molecular weight excluding hydrogens is 921 g/mol. The van der Waals surface area contributed by atoms with Crippen molar-refractivity contribution in [3.05, 3.63) is 226 Å². The lowest BCUT2D eigenvalue weighted by molar-refractivity contribution is 0.397. The van der Waals surface area contributed by atoms with Gasteiger partial charge in [-0.3, -0.25) is 34.7 Å². The van der Waals surface area contributed by atoms with Crippen molar-refractivity contribution in [2.24, 2.45) is 0 Å². The first kappa shape index (κ1) is 44.8. The maximum Gasteiger partial charge on any atom is 0.247 e. The molecule has 0 radical (unpaired) electrons. The number of fused-ring (bicyclic) bond motifs is 4. The van der Waals surface area contributed by atoms with Crippen LogP contribution in [-0.4, -0.2) is 47.0 Å². The highest BCUT2D eigenvalue weighted by Gasteiger charge is 2.20. The standard InChI is InChI=1S/C29H23N5OS.C28H21N5OS/c1-18-17-36-26-7-5-19(12-23(18)26)24-13-22(14-25-29(24)32-11-10-31-25)34-28(20-4-3-9-30-15-20)21-6-8-27(35-2)33-16-21;1-17-16-35-25-6-4-18(11-22(17)25)23-12-21(13-24-28(23)31-10-9-30-24)33-27(19-3-2-8-29-14-19)20-5-7-26(34)32-15-20/h3-17,28,34H,1-2H3;2-16,27,33H,1H3,(H,32,34). The highest BCUT2D eigenvalue weighted by molar-refractivity contribution is 7.17. The molecule has 2 atom stereocenters. The molecule has 0 fully saturated rings. The maximum atomic E-state index is 11.7. The zero-order valence-corrected chi connectivity index (χ0v) is 40.4. The van der Waals surface area contributed by atoms with Gasteiger partial charge in [0.25, 0.3) is 0 Å². The molecule has 3 N–H and O–H groups in total. The van der Waals surface area contributed by atoms with E-state index < -0.39 is 0 Å². The second-order valence-electron chi connectivity index (χ2n) is 17.0. The molecule has 2 unspecified atom stereocenters. The molecule has 12 rings (SSSR count). The van der Waals surface area contributed by atoms with Gasteiger partial charge in [-0.15, -0.1) is 22.7 Å². The first-order chi connectivity index (χ1) is 34.8. The van der Waals surface area contributed by atoms with Crippen LogP contribution in [0.1, 0.15) is 45.5 Å². The number of nitrogens with one attached hydrogen (secondary N) is 3. The van der Waals surface area contributed by atoms with Gasteiger partial charge in [0, 0.05) is 106 Å². The van der Waals surface area contributed by atoms with E-state index in [1.54, 1.807) is 73.2 Å². The number of nitrogens with zero attached hydrogens (tertiary/aromatic N) is 7. The Labute approximate surface area is 416 Å². The fourth-order valence-corrected chi connectivity index (χ4v) is 10.7. The summed E-state index contributed by atoms with van der Waals surface area (Å²) in [5.41, 5.74) is 15.8. The molecule has 8 aromatic heterocycles. The summed E-state index contributed by atoms with van der Waals surface area (Å²) >= 11 is 3.53. The van der Waals surface area contributed by atoms with Crippen LogP contribution >= 0.6 is 22.7 Å². The van der Waals surface area contributed by atoms with Gasteiger partial charge < -0.3 is 20.4 Å². The van der Waals surface area contributed by atoms with Crippen LogP contribution in [0.3, 0.4) is 0 Å². The van der Waals surface area contributed by atoms with Crippen molar-refractivity contribution in [1.82, 2.24) is 39.9 Å². The summed E-state index contributed by atoms with van der Waals surface area (Å²) in [7, 11) is 1.62. The van der Waals surface area contributed by atoms with Crippen molar-refractivity contribution in [3.8, 4) is 28.1 Å². The average molecular weight is 965 g/mol. The van der Waals surface area contributed by atoms with Gasteiger partial charge in [-0.25, -0.2) is 4.98 Å². The van der Waals surface area contributed by atoms with Crippen LogP contribution in [0.25, 0.3) is 64.5 Å². The number of hydrogen-bond donors (Lipinski definition) is 3. The van der Waals surface area contributed by atoms with Crippen LogP contribution in [0.15, 0.2) is 187 Å². The number of methoxy groups -OCH3 is 1. The molecule has 14 heteroatoms. The molecule has 0 saturated carbocycles. The predicted molar refractivity (Wildman–Crippen MR) is 287 cm³/mol. The normalized spacial score (nSPS) is 12.1. The number of aromatic amines is 1. The van der Waals surface area contributed by atoms with E-state index in [1.807, 2.05) is 67.1 Å². The third-order valence-electron chi connectivity index (χ3n) is 12.4. The Morgan fingerprint density at radius 3 is 1.54 bits per heavy atom. The minimum atomic E-state index is -0.218. The number of H-pyrrole nitrogens is 1. The average Bonchev–Trinajstić information content (AvgIpc) is 4.00. The highest BCUT2D eigenvalue weighted by atomic mass is 32.1. The number of aryl methyl sites for hydroxylation is 2. The summed E-state index contributed by atoms with van der Waals surface area (Å²) in [5, 5.41) is 14.3. The number of rotatable bonds is 11. The Morgan fingerprint density at radius 1 is 0.535 bits per heavy atom. The molecule has 71 heavy (non-hydrogen) atoms. The molecule has 12 aromatic rings. The summed E-state index contributed by atoms with van der Waals surface area (Å²) in [6.45, 7) is 4.29. The molecule has 0 saturated heterocycles. The molecule has 0 aliphatic heterocycles. The number of anilines is 2. The van der Waals surface area contributed by atoms with Gasteiger partial charge in [0.15, 0.2) is 0 Å². The predicted octanol–water partition coefficient (Wildman–Crippen LogP) is 12.9. The smallest absolute Gasteiger partial charge is 0.247 e. The van der Waals surface area contributed by atoms with Crippen LogP contribution in [0.2, 0.25) is 0 Å². The molecule has 0 spiro atoms. The lowest BCUT2D eigenvalue weighted by Gasteiger charge is -2.21. The zero-order valence-electron chi connectivity index (χ0n) is 38.7. The third-order valence-corrected chi connectivity index (χ3v) is 14.6. The SMILES string of the molecule is COc1ccc(C(Nc2cc(-c3ccc4scc(C)c4c3)c3nccnc3c2)c2cccnc2)cn1.Cc1csc2ccc(-c3cc(NC(c4cccnc4)c4ccc(=O)[nH]c4)cc4nccnc34)cc12. The van der Waals surface area contributed by atoms with Crippen molar-refractivity contribution in [2.45, 2.75) is 25.9 Å². The summed E-state index contributed by atoms with van der Waals surface area (Å²) < 4.78 is 7.81. The Morgan fingerprint density at radius 2 is 1.06 bits per heavy atom. The van der Waals surface area contributed by atoms with E-state index in [0.29, 0.717) is 5.88 Å². The number of thiophene rings is 2. The molecule has 0 bridgehead atoms. The van der Waals surface area contributed by atoms with Gasteiger partial charge in [-0.2, -0.15) is 0 Å². The van der Waals surface area contributed by atoms with Gasteiger partial charge in [-0.05, 0) is 153 Å². The summed E-state index contributed by atoms with van der Waals surface area (Å²) in [4.78, 5) is 46.1. The van der Waals surface area contributed by atoms with Crippen LogP contribution in [0.5, 0.6) is 5.88 Å². The van der Waals surface area contributed by atoms with Gasteiger partial charge >= 0.3 is 0 Å². The van der Waals surface area contributed by atoms with Gasteiger partial charge in [-0.1, -0.05) is 24.3 Å². The van der Waals surface area contributed by atoms with Crippen molar-refractivity contribution < 1.29 is 4.74 Å². The fraction of sp³-hybridized carbons (Fsp3) is 0.0877. The highest BCUT2D eigenvalue weighted by Crippen LogP contribution is 2.38. The largest absolute Gasteiger partial charge is 0.481 e. The van der Waals surface area contributed by atoms with E-state index >= 15 is 0 Å². The fourth-order valence-electron chi connectivity index (χ4n) is 8.83. The molecule has 8 heterocycles. The number of pyridine rings is 4. The molecule has 0 aliphatic carbocycles. The number of hydrogen-bond acceptors (Lipinski definition) is 13. The first-order valence-corrected chi connectivity index (χ1v) is 24.6. The Balaban J connectivity index is 0.000000154.